The second kappa shape index (κ2) is 11.2. The predicted molar refractivity (Wildman–Crippen MR) is 162 cm³/mol. The molecule has 0 spiro atoms. The van der Waals surface area contributed by atoms with Gasteiger partial charge in [0.05, 0.1) is 0 Å². The van der Waals surface area contributed by atoms with Gasteiger partial charge in [0.2, 0.25) is 0 Å². The molecule has 0 aromatic heterocycles. The van der Waals surface area contributed by atoms with Crippen LogP contribution >= 0.6 is 0 Å². The average Bonchev–Trinajstić information content (AvgIpc) is 2.93. The molecule has 0 fully saturated rings. The minimum atomic E-state index is 0.244. The summed E-state index contributed by atoms with van der Waals surface area (Å²) in [7, 11) is 0. The van der Waals surface area contributed by atoms with E-state index in [1.807, 2.05) is 0 Å². The van der Waals surface area contributed by atoms with Crippen LogP contribution in [0.2, 0.25) is 0 Å². The van der Waals surface area contributed by atoms with Crippen LogP contribution in [-0.2, 0) is 0 Å². The van der Waals surface area contributed by atoms with Gasteiger partial charge in [0.15, 0.2) is 0 Å². The maximum Gasteiger partial charge on any atom is 0.136 e. The molecule has 2 aliphatic heterocycles. The van der Waals surface area contributed by atoms with Crippen LogP contribution in [-0.4, -0.2) is 10.9 Å². The van der Waals surface area contributed by atoms with E-state index in [4.69, 9.17) is 0 Å². The van der Waals surface area contributed by atoms with E-state index in [1.54, 1.807) is 0 Å². The Labute approximate surface area is 228 Å². The van der Waals surface area contributed by atoms with Crippen molar-refractivity contribution in [2.24, 2.45) is 5.92 Å². The molecule has 2 unspecified atom stereocenters. The van der Waals surface area contributed by atoms with Crippen molar-refractivity contribution in [2.75, 3.05) is 0 Å². The third kappa shape index (κ3) is 5.37. The van der Waals surface area contributed by atoms with E-state index in [1.165, 1.54) is 50.4 Å². The number of quaternary nitrogens is 1. The number of hydrogen-bond donors (Lipinski definition) is 1. The first kappa shape index (κ1) is 25.8. The van der Waals surface area contributed by atoms with Gasteiger partial charge in [-0.25, -0.2) is 0 Å². The van der Waals surface area contributed by atoms with Crippen LogP contribution in [0.4, 0.5) is 0 Å². The minimum absolute atomic E-state index is 0.244. The van der Waals surface area contributed by atoms with Gasteiger partial charge >= 0.3 is 0 Å². The molecular formula is C36H39N2+. The number of rotatable bonds is 6. The first-order valence-corrected chi connectivity index (χ1v) is 13.8. The van der Waals surface area contributed by atoms with Crippen molar-refractivity contribution in [3.05, 3.63) is 148 Å². The number of hydrogen-bond acceptors (Lipinski definition) is 1. The van der Waals surface area contributed by atoms with Crippen molar-refractivity contribution in [1.29, 1.82) is 0 Å². The predicted octanol–water partition coefficient (Wildman–Crippen LogP) is 7.98. The van der Waals surface area contributed by atoms with E-state index in [2.05, 4.69) is 160 Å². The van der Waals surface area contributed by atoms with Crippen molar-refractivity contribution in [2.45, 2.75) is 46.7 Å². The fourth-order valence-corrected chi connectivity index (χ4v) is 5.71. The van der Waals surface area contributed by atoms with Gasteiger partial charge in [0.1, 0.15) is 12.2 Å². The molecule has 2 heterocycles. The van der Waals surface area contributed by atoms with Crippen molar-refractivity contribution >= 4 is 17.3 Å². The molecule has 192 valence electrons. The molecule has 0 radical (unpaired) electrons. The van der Waals surface area contributed by atoms with Gasteiger partial charge in [-0.1, -0.05) is 110 Å². The number of nitrogens with zero attached hydrogens (tertiary/aromatic N) is 1. The van der Waals surface area contributed by atoms with E-state index in [9.17, 15) is 0 Å². The van der Waals surface area contributed by atoms with E-state index >= 15 is 0 Å². The van der Waals surface area contributed by atoms with Crippen LogP contribution in [0, 0.1) is 5.92 Å². The normalized spacial score (nSPS) is 20.1. The van der Waals surface area contributed by atoms with Gasteiger partial charge < -0.3 is 10.2 Å². The summed E-state index contributed by atoms with van der Waals surface area (Å²) in [5, 5.41) is 2.35. The van der Waals surface area contributed by atoms with E-state index in [0.717, 1.165) is 0 Å². The molecule has 0 saturated heterocycles. The molecule has 2 N–H and O–H groups in total. The van der Waals surface area contributed by atoms with Crippen LogP contribution in [0.5, 0.6) is 0 Å². The largest absolute Gasteiger partial charge is 0.338 e. The first-order chi connectivity index (χ1) is 18.4. The molecule has 3 aromatic rings. The Kier molecular flexibility index (Phi) is 7.62. The van der Waals surface area contributed by atoms with E-state index < -0.39 is 0 Å². The molecule has 2 atom stereocenters. The summed E-state index contributed by atoms with van der Waals surface area (Å²) in [6.45, 7) is 11.4. The Balaban J connectivity index is 1.53. The number of nitrogens with two attached hydrogens (primary N) is 1. The average molecular weight is 500 g/mol. The zero-order chi connectivity index (χ0) is 26.6. The van der Waals surface area contributed by atoms with Crippen molar-refractivity contribution < 1.29 is 5.32 Å². The lowest BCUT2D eigenvalue weighted by Gasteiger charge is -2.39. The fourth-order valence-electron chi connectivity index (χ4n) is 5.71. The summed E-state index contributed by atoms with van der Waals surface area (Å²) in [4.78, 5) is 2.53. The first-order valence-electron chi connectivity index (χ1n) is 13.8. The topological polar surface area (TPSA) is 19.9 Å². The quantitative estimate of drug-likeness (QED) is 0.364. The summed E-state index contributed by atoms with van der Waals surface area (Å²) >= 11 is 0. The van der Waals surface area contributed by atoms with Gasteiger partial charge in [-0.2, -0.15) is 0 Å². The maximum absolute atomic E-state index is 2.53. The summed E-state index contributed by atoms with van der Waals surface area (Å²) < 4.78 is 0. The lowest BCUT2D eigenvalue weighted by atomic mass is 9.90. The van der Waals surface area contributed by atoms with Gasteiger partial charge in [0.25, 0.3) is 0 Å². The van der Waals surface area contributed by atoms with Crippen LogP contribution < -0.4 is 5.32 Å². The molecule has 2 nitrogen and oxygen atoms in total. The third-order valence-electron chi connectivity index (χ3n) is 7.54. The molecule has 2 heteroatoms. The van der Waals surface area contributed by atoms with Gasteiger partial charge in [-0.3, -0.25) is 0 Å². The lowest BCUT2D eigenvalue weighted by Crippen LogP contribution is -2.80. The zero-order valence-electron chi connectivity index (χ0n) is 23.2. The van der Waals surface area contributed by atoms with Gasteiger partial charge in [-0.05, 0) is 67.2 Å². The SMILES string of the molecule is CC1=CC(C)N(/C(=C/c2ccccc2C2C=C(C)C(c3ccccc3)=C[NH2+]2)C(C)C)C(c2ccccc2)=C1. The molecular weight excluding hydrogens is 460 g/mol. The lowest BCUT2D eigenvalue weighted by molar-refractivity contribution is -0.622. The molecule has 0 bridgehead atoms. The van der Waals surface area contributed by atoms with Gasteiger partial charge in [0, 0.05) is 28.6 Å². The zero-order valence-corrected chi connectivity index (χ0v) is 23.2. The summed E-state index contributed by atoms with van der Waals surface area (Å²) in [6.07, 6.45) is 11.8. The van der Waals surface area contributed by atoms with Crippen molar-refractivity contribution in [1.82, 2.24) is 4.90 Å². The molecule has 5 rings (SSSR count). The monoisotopic (exact) mass is 499 g/mol. The molecule has 0 aliphatic carbocycles. The Morgan fingerprint density at radius 3 is 2.11 bits per heavy atom. The number of benzene rings is 3. The standard InChI is InChI=1S/C36H38N2/c1-25(2)35(38-28(5)20-26(3)21-36(38)30-16-10-7-11-17-30)23-31-18-12-13-19-32(31)34-22-27(4)33(24-37-34)29-14-8-6-9-15-29/h6-25,28,34,37H,1-5H3/p+1/b35-23+. The van der Waals surface area contributed by atoms with Crippen molar-refractivity contribution in [3.8, 4) is 0 Å². The molecule has 38 heavy (non-hydrogen) atoms. The Morgan fingerprint density at radius 2 is 1.45 bits per heavy atom. The van der Waals surface area contributed by atoms with Crippen LogP contribution in [0.1, 0.15) is 62.9 Å². The smallest absolute Gasteiger partial charge is 0.136 e. The molecule has 3 aromatic carbocycles. The number of allylic oxidation sites excluding steroid dienone is 5. The van der Waals surface area contributed by atoms with Crippen molar-refractivity contribution in [3.63, 3.8) is 0 Å². The highest BCUT2D eigenvalue weighted by atomic mass is 15.2. The fraction of sp³-hybridized carbons (Fsp3) is 0.222. The van der Waals surface area contributed by atoms with E-state index in [0.29, 0.717) is 5.92 Å². The van der Waals surface area contributed by atoms with Crippen LogP contribution in [0.25, 0.3) is 17.3 Å². The van der Waals surface area contributed by atoms with Crippen LogP contribution in [0.3, 0.4) is 0 Å². The molecule has 0 amide bonds. The second-order valence-corrected chi connectivity index (χ2v) is 10.8. The molecule has 0 saturated carbocycles. The Bertz CT molecular complexity index is 1430. The Hall–Kier alpha value is -3.88. The highest BCUT2D eigenvalue weighted by Gasteiger charge is 2.27. The Morgan fingerprint density at radius 1 is 0.816 bits per heavy atom. The highest BCUT2D eigenvalue weighted by molar-refractivity contribution is 5.78. The third-order valence-corrected chi connectivity index (χ3v) is 7.54. The summed E-state index contributed by atoms with van der Waals surface area (Å²) in [6, 6.07) is 30.9. The second-order valence-electron chi connectivity index (χ2n) is 10.8. The summed E-state index contributed by atoms with van der Waals surface area (Å²) in [5.74, 6) is 0.363. The van der Waals surface area contributed by atoms with E-state index in [-0.39, 0.29) is 12.1 Å². The summed E-state index contributed by atoms with van der Waals surface area (Å²) in [5.41, 5.74) is 11.7. The molecule has 2 aliphatic rings. The highest BCUT2D eigenvalue weighted by Crippen LogP contribution is 2.36. The van der Waals surface area contributed by atoms with Crippen LogP contribution in [0.15, 0.2) is 126 Å². The minimum Gasteiger partial charge on any atom is -0.338 e. The maximum atomic E-state index is 2.53. The van der Waals surface area contributed by atoms with Gasteiger partial charge in [-0.15, -0.1) is 0 Å².